The number of ether oxygens (including phenoxy) is 3. The Morgan fingerprint density at radius 3 is 2.54 bits per heavy atom. The van der Waals surface area contributed by atoms with E-state index >= 15 is 4.39 Å². The number of carboxylic acids is 1. The standard InChI is InChI=1S/C38H43F2N3O5/c1-23-18-31-41-29-22-43(31)35(32(23)34(36(44)45)48-37(3,4)5)42-15-13-38(6,14-16-42)46-17-8-7-10-24(2)47-30-21-27(39)20-28(40)33(30)26-12-9-11-25(29)19-26/h7-9,11-12,18-22,24,34H,10,13-17H2,1-6H3,(H,44,45)/b8-7-/t24-,34-/m0/s1. The van der Waals surface area contributed by atoms with Gasteiger partial charge < -0.3 is 24.2 Å². The molecule has 2 aromatic heterocycles. The molecular formula is C38H43F2N3O5. The number of benzene rings is 2. The molecule has 1 N–H and O–H groups in total. The number of carboxylic acid groups (broad SMARTS) is 1. The van der Waals surface area contributed by atoms with Gasteiger partial charge in [0.25, 0.3) is 0 Å². The van der Waals surface area contributed by atoms with Gasteiger partial charge in [0.15, 0.2) is 6.10 Å². The first kappa shape index (κ1) is 33.6. The van der Waals surface area contributed by atoms with Gasteiger partial charge in [0.2, 0.25) is 0 Å². The van der Waals surface area contributed by atoms with Crippen LogP contribution in [0, 0.1) is 18.6 Å². The van der Waals surface area contributed by atoms with Gasteiger partial charge in [0, 0.05) is 49.0 Å². The van der Waals surface area contributed by atoms with Crippen LogP contribution in [0.25, 0.3) is 28.0 Å². The summed E-state index contributed by atoms with van der Waals surface area (Å²) in [4.78, 5) is 20.0. The smallest absolute Gasteiger partial charge is 0.337 e. The van der Waals surface area contributed by atoms with Crippen LogP contribution >= 0.6 is 0 Å². The summed E-state index contributed by atoms with van der Waals surface area (Å²) in [5, 5.41) is 10.5. The first-order chi connectivity index (χ1) is 22.7. The molecule has 6 bridgehead atoms. The fraction of sp³-hybridized carbons (Fsp3) is 0.421. The van der Waals surface area contributed by atoms with Gasteiger partial charge in [-0.1, -0.05) is 30.4 Å². The zero-order valence-corrected chi connectivity index (χ0v) is 28.3. The molecule has 10 heteroatoms. The van der Waals surface area contributed by atoms with E-state index in [0.29, 0.717) is 60.0 Å². The number of imidazole rings is 1. The van der Waals surface area contributed by atoms with Gasteiger partial charge in [-0.05, 0) is 77.6 Å². The van der Waals surface area contributed by atoms with E-state index in [-0.39, 0.29) is 23.0 Å². The minimum atomic E-state index is -1.22. The lowest BCUT2D eigenvalue weighted by Crippen LogP contribution is -2.45. The molecule has 2 aromatic carbocycles. The summed E-state index contributed by atoms with van der Waals surface area (Å²) in [5.41, 5.74) is 2.85. The number of anilines is 1. The highest BCUT2D eigenvalue weighted by molar-refractivity contribution is 5.80. The van der Waals surface area contributed by atoms with Gasteiger partial charge in [-0.2, -0.15) is 0 Å². The molecule has 0 spiro atoms. The third kappa shape index (κ3) is 6.96. The molecule has 4 aromatic rings. The van der Waals surface area contributed by atoms with E-state index in [4.69, 9.17) is 19.2 Å². The van der Waals surface area contributed by atoms with Crippen molar-refractivity contribution >= 4 is 17.4 Å². The predicted molar refractivity (Wildman–Crippen MR) is 182 cm³/mol. The van der Waals surface area contributed by atoms with Gasteiger partial charge in [-0.15, -0.1) is 0 Å². The molecule has 0 unspecified atom stereocenters. The number of hydrogen-bond acceptors (Lipinski definition) is 6. The van der Waals surface area contributed by atoms with E-state index in [0.717, 1.165) is 24.5 Å². The van der Waals surface area contributed by atoms with Crippen molar-refractivity contribution in [1.29, 1.82) is 0 Å². The third-order valence-electron chi connectivity index (χ3n) is 9.01. The number of piperidine rings is 1. The van der Waals surface area contributed by atoms with Crippen LogP contribution in [0.2, 0.25) is 0 Å². The number of carbonyl (C=O) groups is 1. The van der Waals surface area contributed by atoms with Crippen LogP contribution in [0.3, 0.4) is 0 Å². The van der Waals surface area contributed by atoms with Crippen molar-refractivity contribution in [1.82, 2.24) is 9.38 Å². The Hall–Kier alpha value is -4.28. The Morgan fingerprint density at radius 1 is 1.10 bits per heavy atom. The van der Waals surface area contributed by atoms with Gasteiger partial charge in [0.1, 0.15) is 28.8 Å². The zero-order chi connectivity index (χ0) is 34.4. The maximum atomic E-state index is 15.5. The van der Waals surface area contributed by atoms with Crippen LogP contribution in [0.5, 0.6) is 5.75 Å². The summed E-state index contributed by atoms with van der Waals surface area (Å²) in [6, 6.07) is 11.2. The van der Waals surface area contributed by atoms with Crippen molar-refractivity contribution in [2.75, 3.05) is 24.6 Å². The molecule has 254 valence electrons. The summed E-state index contributed by atoms with van der Waals surface area (Å²) >= 11 is 0. The topological polar surface area (TPSA) is 85.5 Å². The number of pyridine rings is 1. The second-order valence-corrected chi connectivity index (χ2v) is 14.1. The van der Waals surface area contributed by atoms with Crippen molar-refractivity contribution in [3.63, 3.8) is 0 Å². The van der Waals surface area contributed by atoms with Crippen LogP contribution in [0.1, 0.15) is 71.1 Å². The minimum absolute atomic E-state index is 0.116. The molecule has 5 heterocycles. The lowest BCUT2D eigenvalue weighted by molar-refractivity contribution is -0.160. The van der Waals surface area contributed by atoms with Crippen molar-refractivity contribution in [2.24, 2.45) is 0 Å². The Bertz CT molecular complexity index is 1870. The molecule has 1 fully saturated rings. The summed E-state index contributed by atoms with van der Waals surface area (Å²) < 4.78 is 50.6. The monoisotopic (exact) mass is 659 g/mol. The van der Waals surface area contributed by atoms with Gasteiger partial charge in [0.05, 0.1) is 35.2 Å². The normalized spacial score (nSPS) is 21.5. The number of fused-ring (bicyclic) bond motifs is 7. The summed E-state index contributed by atoms with van der Waals surface area (Å²) in [5.74, 6) is -1.70. The van der Waals surface area contributed by atoms with Crippen LogP contribution in [-0.4, -0.2) is 57.5 Å². The van der Waals surface area contributed by atoms with Gasteiger partial charge in [-0.25, -0.2) is 18.6 Å². The molecule has 0 saturated carbocycles. The van der Waals surface area contributed by atoms with E-state index in [1.165, 1.54) is 6.07 Å². The second-order valence-electron chi connectivity index (χ2n) is 14.1. The Labute approximate surface area is 280 Å². The van der Waals surface area contributed by atoms with E-state index in [9.17, 15) is 14.3 Å². The highest BCUT2D eigenvalue weighted by Gasteiger charge is 2.37. The van der Waals surface area contributed by atoms with Gasteiger partial charge >= 0.3 is 5.97 Å². The summed E-state index contributed by atoms with van der Waals surface area (Å²) in [6.45, 7) is 13.1. The maximum Gasteiger partial charge on any atom is 0.337 e. The largest absolute Gasteiger partial charge is 0.490 e. The number of aromatic nitrogens is 2. The summed E-state index contributed by atoms with van der Waals surface area (Å²) in [6.07, 6.45) is 6.20. The first-order valence-corrected chi connectivity index (χ1v) is 16.4. The summed E-state index contributed by atoms with van der Waals surface area (Å²) in [7, 11) is 0. The van der Waals surface area contributed by atoms with E-state index in [2.05, 4.69) is 11.8 Å². The molecule has 8 nitrogen and oxygen atoms in total. The second kappa shape index (κ2) is 13.0. The van der Waals surface area contributed by atoms with Crippen molar-refractivity contribution in [3.05, 3.63) is 83.6 Å². The number of nitrogens with zero attached hydrogens (tertiary/aromatic N) is 3. The van der Waals surface area contributed by atoms with Crippen molar-refractivity contribution < 1.29 is 32.9 Å². The molecule has 48 heavy (non-hydrogen) atoms. The number of aliphatic carboxylic acids is 1. The lowest BCUT2D eigenvalue weighted by Gasteiger charge is -2.41. The van der Waals surface area contributed by atoms with E-state index < -0.39 is 29.3 Å². The lowest BCUT2D eigenvalue weighted by atomic mass is 9.92. The van der Waals surface area contributed by atoms with Crippen molar-refractivity contribution in [2.45, 2.75) is 84.2 Å². The number of halogens is 2. The number of aryl methyl sites for hydroxylation is 1. The SMILES string of the molecule is Cc1cc2nc3cn2c(c1[C@H](OC(C)(C)C)C(=O)O)N1CCC(C)(CC1)OC/C=C\C[C@H](C)Oc1cc(F)cc(F)c1-c1cccc-3c1. The maximum absolute atomic E-state index is 15.5. The third-order valence-corrected chi connectivity index (χ3v) is 9.01. The molecule has 1 saturated heterocycles. The van der Waals surface area contributed by atoms with Crippen LogP contribution in [-0.2, 0) is 14.3 Å². The molecule has 0 aliphatic carbocycles. The predicted octanol–water partition coefficient (Wildman–Crippen LogP) is 8.30. The van der Waals surface area contributed by atoms with Crippen LogP contribution < -0.4 is 9.64 Å². The minimum Gasteiger partial charge on any atom is -0.490 e. The average Bonchev–Trinajstić information content (AvgIpc) is 3.42. The van der Waals surface area contributed by atoms with Crippen LogP contribution in [0.4, 0.5) is 14.6 Å². The highest BCUT2D eigenvalue weighted by Crippen LogP contribution is 2.41. The number of rotatable bonds is 3. The zero-order valence-electron chi connectivity index (χ0n) is 28.3. The first-order valence-electron chi connectivity index (χ1n) is 16.4. The number of hydrogen-bond donors (Lipinski definition) is 1. The quantitative estimate of drug-likeness (QED) is 0.222. The molecule has 7 rings (SSSR count). The van der Waals surface area contributed by atoms with E-state index in [1.807, 2.05) is 75.6 Å². The molecule has 2 atom stereocenters. The highest BCUT2D eigenvalue weighted by atomic mass is 19.1. The molecule has 3 aliphatic heterocycles. The Kier molecular flexibility index (Phi) is 9.08. The van der Waals surface area contributed by atoms with Gasteiger partial charge in [-0.3, -0.25) is 4.40 Å². The van der Waals surface area contributed by atoms with E-state index in [1.54, 1.807) is 12.1 Å². The molecular weight excluding hydrogens is 616 g/mol. The average molecular weight is 660 g/mol. The fourth-order valence-corrected chi connectivity index (χ4v) is 6.58. The molecule has 3 aliphatic rings. The fourth-order valence-electron chi connectivity index (χ4n) is 6.58. The Morgan fingerprint density at radius 2 is 1.83 bits per heavy atom. The van der Waals surface area contributed by atoms with Crippen LogP contribution in [0.15, 0.2) is 60.8 Å². The van der Waals surface area contributed by atoms with Crippen molar-refractivity contribution in [3.8, 4) is 28.1 Å². The molecule has 0 amide bonds. The Balaban J connectivity index is 1.56. The molecule has 0 radical (unpaired) electrons.